The fraction of sp³-hybridized carbons (Fsp3) is 0.476. The van der Waals surface area contributed by atoms with Gasteiger partial charge in [0.1, 0.15) is 0 Å². The van der Waals surface area contributed by atoms with E-state index in [1.54, 1.807) is 32.7 Å². The average molecular weight is 405 g/mol. The van der Waals surface area contributed by atoms with E-state index in [9.17, 15) is 4.79 Å². The van der Waals surface area contributed by atoms with E-state index in [-0.39, 0.29) is 18.4 Å². The van der Waals surface area contributed by atoms with Crippen LogP contribution in [0.1, 0.15) is 29.3 Å². The number of likely N-dealkylation sites (tertiary alicyclic amines) is 1. The molecule has 1 saturated heterocycles. The van der Waals surface area contributed by atoms with Gasteiger partial charge in [-0.15, -0.1) is 11.3 Å². The quantitative estimate of drug-likeness (QED) is 0.695. The molecule has 2 heterocycles. The molecule has 28 heavy (non-hydrogen) atoms. The Morgan fingerprint density at radius 2 is 1.82 bits per heavy atom. The second-order valence-electron chi connectivity index (χ2n) is 6.79. The molecule has 1 aliphatic heterocycles. The molecule has 0 aliphatic carbocycles. The maximum absolute atomic E-state index is 12.6. The Labute approximate surface area is 170 Å². The topological polar surface area (TPSA) is 60.0 Å². The van der Waals surface area contributed by atoms with Gasteiger partial charge in [-0.05, 0) is 55.1 Å². The van der Waals surface area contributed by atoms with Gasteiger partial charge in [0.2, 0.25) is 11.7 Å². The first kappa shape index (κ1) is 20.5. The third-order valence-corrected chi connectivity index (χ3v) is 6.01. The highest BCUT2D eigenvalue weighted by molar-refractivity contribution is 7.10. The lowest BCUT2D eigenvalue weighted by Gasteiger charge is -2.27. The fourth-order valence-electron chi connectivity index (χ4n) is 3.64. The van der Waals surface area contributed by atoms with Crippen LogP contribution in [-0.2, 0) is 11.2 Å². The van der Waals surface area contributed by atoms with Gasteiger partial charge in [-0.25, -0.2) is 0 Å². The second-order valence-corrected chi connectivity index (χ2v) is 7.77. The minimum absolute atomic E-state index is 0.0185. The summed E-state index contributed by atoms with van der Waals surface area (Å²) in [5.74, 6) is 1.62. The van der Waals surface area contributed by atoms with Crippen LogP contribution >= 0.6 is 11.3 Å². The van der Waals surface area contributed by atoms with Crippen molar-refractivity contribution in [3.8, 4) is 17.2 Å². The molecule has 1 atom stereocenters. The molecule has 2 aromatic rings. The molecule has 1 fully saturated rings. The van der Waals surface area contributed by atoms with Gasteiger partial charge in [0.15, 0.2) is 11.5 Å². The summed E-state index contributed by atoms with van der Waals surface area (Å²) in [4.78, 5) is 16.4. The van der Waals surface area contributed by atoms with Crippen LogP contribution in [0.2, 0.25) is 0 Å². The minimum atomic E-state index is -0.0185. The van der Waals surface area contributed by atoms with E-state index in [2.05, 4.69) is 27.7 Å². The largest absolute Gasteiger partial charge is 0.493 e. The van der Waals surface area contributed by atoms with E-state index in [1.165, 1.54) is 17.7 Å². The summed E-state index contributed by atoms with van der Waals surface area (Å²) in [5.41, 5.74) is 0.820. The van der Waals surface area contributed by atoms with Gasteiger partial charge in [-0.2, -0.15) is 0 Å². The normalized spacial score (nSPS) is 15.2. The summed E-state index contributed by atoms with van der Waals surface area (Å²) in [6.07, 6.45) is 2.70. The smallest absolute Gasteiger partial charge is 0.224 e. The number of hydrogen-bond donors (Lipinski definition) is 1. The van der Waals surface area contributed by atoms with Crippen LogP contribution in [0, 0.1) is 0 Å². The van der Waals surface area contributed by atoms with Crippen molar-refractivity contribution in [2.24, 2.45) is 0 Å². The molecule has 0 saturated carbocycles. The highest BCUT2D eigenvalue weighted by Crippen LogP contribution is 2.38. The van der Waals surface area contributed by atoms with E-state index in [0.29, 0.717) is 23.8 Å². The summed E-state index contributed by atoms with van der Waals surface area (Å²) < 4.78 is 16.1. The number of nitrogens with one attached hydrogen (secondary N) is 1. The lowest BCUT2D eigenvalue weighted by molar-refractivity contribution is -0.120. The molecule has 1 N–H and O–H groups in total. The van der Waals surface area contributed by atoms with E-state index < -0.39 is 0 Å². The number of nitrogens with zero attached hydrogens (tertiary/aromatic N) is 1. The molecule has 3 rings (SSSR count). The van der Waals surface area contributed by atoms with Gasteiger partial charge in [0.05, 0.1) is 33.8 Å². The Morgan fingerprint density at radius 3 is 2.36 bits per heavy atom. The summed E-state index contributed by atoms with van der Waals surface area (Å²) in [7, 11) is 4.71. The number of methoxy groups -OCH3 is 3. The molecule has 1 amide bonds. The van der Waals surface area contributed by atoms with Crippen molar-refractivity contribution in [2.45, 2.75) is 25.3 Å². The van der Waals surface area contributed by atoms with E-state index in [4.69, 9.17) is 14.2 Å². The van der Waals surface area contributed by atoms with Crippen molar-refractivity contribution in [1.82, 2.24) is 10.2 Å². The van der Waals surface area contributed by atoms with Crippen LogP contribution in [0.4, 0.5) is 0 Å². The number of carbonyl (C=O) groups is 1. The maximum atomic E-state index is 12.6. The number of amides is 1. The molecule has 152 valence electrons. The highest BCUT2D eigenvalue weighted by Gasteiger charge is 2.24. The molecule has 1 aliphatic rings. The van der Waals surface area contributed by atoms with Crippen molar-refractivity contribution in [1.29, 1.82) is 0 Å². The van der Waals surface area contributed by atoms with Gasteiger partial charge in [-0.1, -0.05) is 6.07 Å². The van der Waals surface area contributed by atoms with Crippen molar-refractivity contribution in [2.75, 3.05) is 41.0 Å². The van der Waals surface area contributed by atoms with Gasteiger partial charge in [0, 0.05) is 11.4 Å². The Hall–Kier alpha value is -2.25. The SMILES string of the molecule is COc1cc(CC(=O)NC[C@@H](c2cccs2)N2CCCC2)cc(OC)c1OC. The Morgan fingerprint density at radius 1 is 1.14 bits per heavy atom. The molecule has 6 nitrogen and oxygen atoms in total. The zero-order valence-corrected chi connectivity index (χ0v) is 17.5. The van der Waals surface area contributed by atoms with Crippen molar-refractivity contribution >= 4 is 17.2 Å². The Kier molecular flexibility index (Phi) is 7.17. The van der Waals surface area contributed by atoms with Crippen LogP contribution < -0.4 is 19.5 Å². The summed E-state index contributed by atoms with van der Waals surface area (Å²) in [6, 6.07) is 8.10. The third kappa shape index (κ3) is 4.77. The zero-order valence-electron chi connectivity index (χ0n) is 16.7. The van der Waals surface area contributed by atoms with Gasteiger partial charge in [-0.3, -0.25) is 9.69 Å². The van der Waals surface area contributed by atoms with Gasteiger partial charge in [0.25, 0.3) is 0 Å². The lowest BCUT2D eigenvalue weighted by Crippen LogP contribution is -2.37. The fourth-order valence-corrected chi connectivity index (χ4v) is 4.50. The Balaban J connectivity index is 1.66. The van der Waals surface area contributed by atoms with Gasteiger partial charge < -0.3 is 19.5 Å². The number of ether oxygens (including phenoxy) is 3. The molecule has 1 aromatic heterocycles. The van der Waals surface area contributed by atoms with Crippen molar-refractivity contribution in [3.05, 3.63) is 40.1 Å². The summed E-state index contributed by atoms with van der Waals surface area (Å²) in [5, 5.41) is 5.21. The standard InChI is InChI=1S/C21H28N2O4S/c1-25-17-11-15(12-18(26-2)21(17)27-3)13-20(24)22-14-16(19-7-6-10-28-19)23-8-4-5-9-23/h6-7,10-12,16H,4-5,8-9,13-14H2,1-3H3,(H,22,24)/t16-/m0/s1. The van der Waals surface area contributed by atoms with E-state index in [0.717, 1.165) is 18.7 Å². The van der Waals surface area contributed by atoms with Crippen LogP contribution in [0.3, 0.4) is 0 Å². The molecule has 1 aromatic carbocycles. The number of hydrogen-bond acceptors (Lipinski definition) is 6. The van der Waals surface area contributed by atoms with E-state index in [1.807, 2.05) is 12.1 Å². The first-order valence-corrected chi connectivity index (χ1v) is 10.4. The molecule has 0 radical (unpaired) electrons. The molecule has 0 spiro atoms. The zero-order chi connectivity index (χ0) is 19.9. The predicted octanol–water partition coefficient (Wildman–Crippen LogP) is 3.27. The third-order valence-electron chi connectivity index (χ3n) is 5.03. The predicted molar refractivity (Wildman–Crippen MR) is 111 cm³/mol. The summed E-state index contributed by atoms with van der Waals surface area (Å²) >= 11 is 1.75. The number of thiophene rings is 1. The van der Waals surface area contributed by atoms with Gasteiger partial charge >= 0.3 is 0 Å². The maximum Gasteiger partial charge on any atom is 0.224 e. The van der Waals surface area contributed by atoms with Crippen molar-refractivity contribution in [3.63, 3.8) is 0 Å². The average Bonchev–Trinajstić information content (AvgIpc) is 3.42. The van der Waals surface area contributed by atoms with Crippen LogP contribution in [0.5, 0.6) is 17.2 Å². The number of benzene rings is 1. The van der Waals surface area contributed by atoms with Crippen LogP contribution in [0.25, 0.3) is 0 Å². The lowest BCUT2D eigenvalue weighted by atomic mass is 10.1. The van der Waals surface area contributed by atoms with Crippen LogP contribution in [0.15, 0.2) is 29.6 Å². The summed E-state index contributed by atoms with van der Waals surface area (Å²) in [6.45, 7) is 2.79. The second kappa shape index (κ2) is 9.80. The van der Waals surface area contributed by atoms with Crippen molar-refractivity contribution < 1.29 is 19.0 Å². The molecular weight excluding hydrogens is 376 g/mol. The van der Waals surface area contributed by atoms with Crippen LogP contribution in [-0.4, -0.2) is 51.8 Å². The highest BCUT2D eigenvalue weighted by atomic mass is 32.1. The molecule has 0 bridgehead atoms. The number of carbonyl (C=O) groups excluding carboxylic acids is 1. The van der Waals surface area contributed by atoms with E-state index >= 15 is 0 Å². The first-order valence-electron chi connectivity index (χ1n) is 9.49. The monoisotopic (exact) mass is 404 g/mol. The number of rotatable bonds is 9. The molecule has 0 unspecified atom stereocenters. The minimum Gasteiger partial charge on any atom is -0.493 e. The first-order chi connectivity index (χ1) is 13.7. The molecular formula is C21H28N2O4S. The Bertz CT molecular complexity index is 748. The molecule has 7 heteroatoms.